The summed E-state index contributed by atoms with van der Waals surface area (Å²) in [4.78, 5) is 0. The summed E-state index contributed by atoms with van der Waals surface area (Å²) < 4.78 is 10.6. The standard InChI is InChI=1S/C12H16ClNO2/c1-15-11-3-2-10(13)6-9(11)7-12(14)4-5-16-8-12/h2-3,6H,4-5,7-8,14H2,1H3. The van der Waals surface area contributed by atoms with Crippen LogP contribution in [0, 0.1) is 0 Å². The summed E-state index contributed by atoms with van der Waals surface area (Å²) in [6.07, 6.45) is 1.61. The van der Waals surface area contributed by atoms with Crippen LogP contribution in [0.25, 0.3) is 0 Å². The monoisotopic (exact) mass is 241 g/mol. The fourth-order valence-electron chi connectivity index (χ4n) is 2.03. The van der Waals surface area contributed by atoms with E-state index < -0.39 is 0 Å². The Morgan fingerprint density at radius 2 is 2.38 bits per heavy atom. The van der Waals surface area contributed by atoms with Crippen molar-refractivity contribution in [2.45, 2.75) is 18.4 Å². The molecule has 1 unspecified atom stereocenters. The molecule has 88 valence electrons. The molecule has 2 rings (SSSR count). The van der Waals surface area contributed by atoms with E-state index in [4.69, 9.17) is 26.8 Å². The zero-order chi connectivity index (χ0) is 11.6. The van der Waals surface area contributed by atoms with Gasteiger partial charge in [-0.2, -0.15) is 0 Å². The quantitative estimate of drug-likeness (QED) is 0.881. The van der Waals surface area contributed by atoms with Crippen molar-refractivity contribution >= 4 is 11.6 Å². The molecule has 0 bridgehead atoms. The smallest absolute Gasteiger partial charge is 0.122 e. The maximum atomic E-state index is 6.24. The van der Waals surface area contributed by atoms with Crippen molar-refractivity contribution in [2.75, 3.05) is 20.3 Å². The molecular weight excluding hydrogens is 226 g/mol. The number of hydrogen-bond acceptors (Lipinski definition) is 3. The predicted molar refractivity (Wildman–Crippen MR) is 64.1 cm³/mol. The third-order valence-corrected chi connectivity index (χ3v) is 3.15. The van der Waals surface area contributed by atoms with Crippen molar-refractivity contribution in [2.24, 2.45) is 5.73 Å². The van der Waals surface area contributed by atoms with Gasteiger partial charge in [-0.05, 0) is 36.6 Å². The molecule has 1 heterocycles. The molecule has 0 radical (unpaired) electrons. The van der Waals surface area contributed by atoms with Crippen molar-refractivity contribution in [3.8, 4) is 5.75 Å². The van der Waals surface area contributed by atoms with E-state index in [0.29, 0.717) is 11.6 Å². The second-order valence-electron chi connectivity index (χ2n) is 4.30. The molecule has 0 aliphatic carbocycles. The highest BCUT2D eigenvalue weighted by molar-refractivity contribution is 6.30. The van der Waals surface area contributed by atoms with Crippen molar-refractivity contribution in [3.63, 3.8) is 0 Å². The largest absolute Gasteiger partial charge is 0.496 e. The van der Waals surface area contributed by atoms with Crippen molar-refractivity contribution in [3.05, 3.63) is 28.8 Å². The molecule has 1 aromatic rings. The van der Waals surface area contributed by atoms with E-state index in [-0.39, 0.29) is 5.54 Å². The number of methoxy groups -OCH3 is 1. The van der Waals surface area contributed by atoms with E-state index in [1.54, 1.807) is 7.11 Å². The van der Waals surface area contributed by atoms with Crippen LogP contribution in [0.4, 0.5) is 0 Å². The van der Waals surface area contributed by atoms with Gasteiger partial charge in [0.15, 0.2) is 0 Å². The Morgan fingerprint density at radius 3 is 3.00 bits per heavy atom. The van der Waals surface area contributed by atoms with Gasteiger partial charge in [0.05, 0.1) is 13.7 Å². The lowest BCUT2D eigenvalue weighted by Crippen LogP contribution is -2.42. The van der Waals surface area contributed by atoms with E-state index in [9.17, 15) is 0 Å². The van der Waals surface area contributed by atoms with Crippen LogP contribution in [0.5, 0.6) is 5.75 Å². The average Bonchev–Trinajstić information content (AvgIpc) is 2.65. The zero-order valence-electron chi connectivity index (χ0n) is 9.33. The van der Waals surface area contributed by atoms with Gasteiger partial charge in [-0.1, -0.05) is 11.6 Å². The Labute approximate surface area is 100 Å². The van der Waals surface area contributed by atoms with Crippen molar-refractivity contribution in [1.82, 2.24) is 0 Å². The molecule has 1 aliphatic heterocycles. The van der Waals surface area contributed by atoms with Gasteiger partial charge in [-0.25, -0.2) is 0 Å². The van der Waals surface area contributed by atoms with Crippen LogP contribution in [0.3, 0.4) is 0 Å². The minimum absolute atomic E-state index is 0.280. The molecule has 0 saturated carbocycles. The van der Waals surface area contributed by atoms with Crippen LogP contribution in [0.15, 0.2) is 18.2 Å². The van der Waals surface area contributed by atoms with Crippen LogP contribution < -0.4 is 10.5 Å². The van der Waals surface area contributed by atoms with Crippen LogP contribution in [-0.2, 0) is 11.2 Å². The number of nitrogens with two attached hydrogens (primary N) is 1. The fourth-order valence-corrected chi connectivity index (χ4v) is 2.22. The first-order valence-electron chi connectivity index (χ1n) is 5.32. The Balaban J connectivity index is 2.22. The summed E-state index contributed by atoms with van der Waals surface area (Å²) in [5.41, 5.74) is 7.01. The Kier molecular flexibility index (Phi) is 3.38. The summed E-state index contributed by atoms with van der Waals surface area (Å²) >= 11 is 5.98. The molecule has 1 atom stereocenters. The molecule has 0 spiro atoms. The van der Waals surface area contributed by atoms with Crippen LogP contribution >= 0.6 is 11.6 Å². The number of halogens is 1. The maximum Gasteiger partial charge on any atom is 0.122 e. The number of benzene rings is 1. The summed E-state index contributed by atoms with van der Waals surface area (Å²) in [6, 6.07) is 5.60. The van der Waals surface area contributed by atoms with Gasteiger partial charge >= 0.3 is 0 Å². The molecule has 1 saturated heterocycles. The summed E-state index contributed by atoms with van der Waals surface area (Å²) in [6.45, 7) is 1.34. The molecule has 0 amide bonds. The lowest BCUT2D eigenvalue weighted by molar-refractivity contribution is 0.178. The first-order valence-corrected chi connectivity index (χ1v) is 5.70. The second kappa shape index (κ2) is 4.62. The van der Waals surface area contributed by atoms with E-state index >= 15 is 0 Å². The van der Waals surface area contributed by atoms with Crippen molar-refractivity contribution in [1.29, 1.82) is 0 Å². The zero-order valence-corrected chi connectivity index (χ0v) is 10.1. The normalized spacial score (nSPS) is 24.7. The van der Waals surface area contributed by atoms with Gasteiger partial charge in [-0.15, -0.1) is 0 Å². The van der Waals surface area contributed by atoms with E-state index in [1.807, 2.05) is 18.2 Å². The highest BCUT2D eigenvalue weighted by Crippen LogP contribution is 2.28. The molecule has 16 heavy (non-hydrogen) atoms. The Bertz CT molecular complexity index is 375. The van der Waals surface area contributed by atoms with Gasteiger partial charge in [0, 0.05) is 17.2 Å². The number of hydrogen-bond donors (Lipinski definition) is 1. The molecule has 4 heteroatoms. The molecule has 0 aromatic heterocycles. The fraction of sp³-hybridized carbons (Fsp3) is 0.500. The van der Waals surface area contributed by atoms with E-state index in [2.05, 4.69) is 0 Å². The van der Waals surface area contributed by atoms with Crippen LogP contribution in [0.1, 0.15) is 12.0 Å². The van der Waals surface area contributed by atoms with Gasteiger partial charge in [0.25, 0.3) is 0 Å². The second-order valence-corrected chi connectivity index (χ2v) is 4.73. The molecule has 1 aliphatic rings. The minimum atomic E-state index is -0.280. The first kappa shape index (κ1) is 11.7. The van der Waals surface area contributed by atoms with Gasteiger partial charge < -0.3 is 15.2 Å². The molecular formula is C12H16ClNO2. The van der Waals surface area contributed by atoms with Crippen molar-refractivity contribution < 1.29 is 9.47 Å². The third-order valence-electron chi connectivity index (χ3n) is 2.92. The molecule has 1 aromatic carbocycles. The average molecular weight is 242 g/mol. The predicted octanol–water partition coefficient (Wildman–Crippen LogP) is 2.01. The Morgan fingerprint density at radius 1 is 1.56 bits per heavy atom. The van der Waals surface area contributed by atoms with Gasteiger partial charge in [0.2, 0.25) is 0 Å². The van der Waals surface area contributed by atoms with Gasteiger partial charge in [0.1, 0.15) is 5.75 Å². The molecule has 3 nitrogen and oxygen atoms in total. The van der Waals surface area contributed by atoms with E-state index in [1.165, 1.54) is 0 Å². The highest BCUT2D eigenvalue weighted by Gasteiger charge is 2.31. The summed E-state index contributed by atoms with van der Waals surface area (Å²) in [5.74, 6) is 0.834. The topological polar surface area (TPSA) is 44.5 Å². The van der Waals surface area contributed by atoms with Crippen LogP contribution in [-0.4, -0.2) is 25.9 Å². The third kappa shape index (κ3) is 2.48. The Hall–Kier alpha value is -0.770. The minimum Gasteiger partial charge on any atom is -0.496 e. The lowest BCUT2D eigenvalue weighted by atomic mass is 9.91. The number of rotatable bonds is 3. The van der Waals surface area contributed by atoms with Gasteiger partial charge in [-0.3, -0.25) is 0 Å². The van der Waals surface area contributed by atoms with Crippen LogP contribution in [0.2, 0.25) is 5.02 Å². The maximum absolute atomic E-state index is 6.24. The molecule has 1 fully saturated rings. The first-order chi connectivity index (χ1) is 7.63. The molecule has 2 N–H and O–H groups in total. The SMILES string of the molecule is COc1ccc(Cl)cc1CC1(N)CCOC1. The lowest BCUT2D eigenvalue weighted by Gasteiger charge is -2.22. The number of ether oxygens (including phenoxy) is 2. The summed E-state index contributed by atoms with van der Waals surface area (Å²) in [5, 5.41) is 0.707. The highest BCUT2D eigenvalue weighted by atomic mass is 35.5. The summed E-state index contributed by atoms with van der Waals surface area (Å²) in [7, 11) is 1.65. The van der Waals surface area contributed by atoms with E-state index in [0.717, 1.165) is 30.8 Å².